The van der Waals surface area contributed by atoms with Crippen molar-refractivity contribution in [2.45, 2.75) is 37.1 Å². The topological polar surface area (TPSA) is 54.3 Å². The average molecular weight is 285 g/mol. The van der Waals surface area contributed by atoms with Crippen LogP contribution in [0.4, 0.5) is 0 Å². The smallest absolute Gasteiger partial charge is 0.244 e. The van der Waals surface area contributed by atoms with Gasteiger partial charge in [0, 0.05) is 38.6 Å². The highest BCUT2D eigenvalue weighted by Gasteiger charge is 2.31. The predicted molar refractivity (Wildman–Crippen MR) is 75.5 cm³/mol. The summed E-state index contributed by atoms with van der Waals surface area (Å²) in [6, 6.07) is 1.76. The maximum Gasteiger partial charge on any atom is 0.244 e. The zero-order valence-corrected chi connectivity index (χ0v) is 12.5. The van der Waals surface area contributed by atoms with Crippen LogP contribution in [0.1, 0.15) is 26.2 Å². The molecule has 1 aromatic rings. The van der Waals surface area contributed by atoms with Gasteiger partial charge in [-0.2, -0.15) is 4.31 Å². The summed E-state index contributed by atoms with van der Waals surface area (Å²) in [5, 5.41) is 3.29. The molecule has 19 heavy (non-hydrogen) atoms. The van der Waals surface area contributed by atoms with E-state index in [2.05, 4.69) is 5.32 Å². The highest BCUT2D eigenvalue weighted by Crippen LogP contribution is 2.22. The molecule has 0 amide bonds. The Bertz CT molecular complexity index is 504. The molecule has 1 aliphatic heterocycles. The number of nitrogens with one attached hydrogen (secondary N) is 1. The number of piperidine rings is 1. The highest BCUT2D eigenvalue weighted by molar-refractivity contribution is 7.89. The first kappa shape index (κ1) is 14.6. The standard InChI is InChI=1S/C13H23N3O2S/c1-3-8-16(12-5-4-7-14-10-12)19(17,18)13-6-9-15(2)11-13/h6,9,11-12,14H,3-5,7-8,10H2,1-2H3. The van der Waals surface area contributed by atoms with E-state index >= 15 is 0 Å². The molecule has 1 fully saturated rings. The fraction of sp³-hybridized carbons (Fsp3) is 0.692. The van der Waals surface area contributed by atoms with Crippen molar-refractivity contribution in [3.8, 4) is 0 Å². The van der Waals surface area contributed by atoms with Crippen molar-refractivity contribution in [2.24, 2.45) is 7.05 Å². The summed E-state index contributed by atoms with van der Waals surface area (Å²) in [6.07, 6.45) is 6.27. The summed E-state index contributed by atoms with van der Waals surface area (Å²) in [6.45, 7) is 4.35. The number of hydrogen-bond donors (Lipinski definition) is 1. The molecule has 1 N–H and O–H groups in total. The second-order valence-electron chi connectivity index (χ2n) is 5.13. The van der Waals surface area contributed by atoms with Crippen molar-refractivity contribution in [3.63, 3.8) is 0 Å². The van der Waals surface area contributed by atoms with Gasteiger partial charge in [-0.1, -0.05) is 6.92 Å². The Morgan fingerprint density at radius 1 is 1.53 bits per heavy atom. The minimum Gasteiger partial charge on any atom is -0.356 e. The lowest BCUT2D eigenvalue weighted by Gasteiger charge is -2.33. The number of rotatable bonds is 5. The summed E-state index contributed by atoms with van der Waals surface area (Å²) < 4.78 is 28.9. The lowest BCUT2D eigenvalue weighted by Crippen LogP contribution is -2.48. The summed E-state index contributed by atoms with van der Waals surface area (Å²) in [7, 11) is -1.53. The average Bonchev–Trinajstić information content (AvgIpc) is 2.84. The SMILES string of the molecule is CCCN(C1CCCNC1)S(=O)(=O)c1ccn(C)c1. The van der Waals surface area contributed by atoms with Gasteiger partial charge in [0.15, 0.2) is 0 Å². The van der Waals surface area contributed by atoms with E-state index in [0.29, 0.717) is 11.4 Å². The molecule has 0 saturated carbocycles. The summed E-state index contributed by atoms with van der Waals surface area (Å²) in [5.41, 5.74) is 0. The van der Waals surface area contributed by atoms with Crippen molar-refractivity contribution in [3.05, 3.63) is 18.5 Å². The molecular formula is C13H23N3O2S. The van der Waals surface area contributed by atoms with E-state index in [-0.39, 0.29) is 6.04 Å². The van der Waals surface area contributed by atoms with Crippen LogP contribution in [0, 0.1) is 0 Å². The van der Waals surface area contributed by atoms with Crippen LogP contribution < -0.4 is 5.32 Å². The van der Waals surface area contributed by atoms with Crippen LogP contribution >= 0.6 is 0 Å². The molecule has 2 heterocycles. The third-order valence-corrected chi connectivity index (χ3v) is 5.47. The van der Waals surface area contributed by atoms with Gasteiger partial charge >= 0.3 is 0 Å². The van der Waals surface area contributed by atoms with Gasteiger partial charge in [-0.05, 0) is 31.9 Å². The van der Waals surface area contributed by atoms with Crippen LogP contribution in [0.3, 0.4) is 0 Å². The van der Waals surface area contributed by atoms with E-state index in [1.165, 1.54) is 0 Å². The van der Waals surface area contributed by atoms with Gasteiger partial charge < -0.3 is 9.88 Å². The largest absolute Gasteiger partial charge is 0.356 e. The third kappa shape index (κ3) is 3.19. The molecular weight excluding hydrogens is 262 g/mol. The van der Waals surface area contributed by atoms with Crippen molar-refractivity contribution >= 4 is 10.0 Å². The Labute approximate surface area is 115 Å². The van der Waals surface area contributed by atoms with Crippen LogP contribution in [0.2, 0.25) is 0 Å². The molecule has 0 radical (unpaired) electrons. The van der Waals surface area contributed by atoms with Gasteiger partial charge in [-0.25, -0.2) is 8.42 Å². The molecule has 1 atom stereocenters. The summed E-state index contributed by atoms with van der Waals surface area (Å²) in [4.78, 5) is 0.397. The Kier molecular flexibility index (Phi) is 4.65. The normalized spacial score (nSPS) is 20.9. The maximum absolute atomic E-state index is 12.7. The Hall–Kier alpha value is -0.850. The van der Waals surface area contributed by atoms with Crippen LogP contribution in [0.15, 0.2) is 23.4 Å². The van der Waals surface area contributed by atoms with E-state index in [0.717, 1.165) is 32.4 Å². The van der Waals surface area contributed by atoms with Gasteiger partial charge in [0.05, 0.1) is 4.90 Å². The molecule has 6 heteroatoms. The lowest BCUT2D eigenvalue weighted by molar-refractivity contribution is 0.266. The second-order valence-corrected chi connectivity index (χ2v) is 7.02. The van der Waals surface area contributed by atoms with E-state index < -0.39 is 10.0 Å². The minimum absolute atomic E-state index is 0.0823. The van der Waals surface area contributed by atoms with Crippen molar-refractivity contribution in [1.82, 2.24) is 14.2 Å². The number of nitrogens with zero attached hydrogens (tertiary/aromatic N) is 2. The Morgan fingerprint density at radius 3 is 2.84 bits per heavy atom. The number of aromatic nitrogens is 1. The van der Waals surface area contributed by atoms with Crippen LogP contribution in [-0.2, 0) is 17.1 Å². The van der Waals surface area contributed by atoms with Crippen molar-refractivity contribution in [2.75, 3.05) is 19.6 Å². The molecule has 1 unspecified atom stereocenters. The molecule has 1 saturated heterocycles. The monoisotopic (exact) mass is 285 g/mol. The van der Waals surface area contributed by atoms with Gasteiger partial charge in [-0.3, -0.25) is 0 Å². The van der Waals surface area contributed by atoms with Gasteiger partial charge in [-0.15, -0.1) is 0 Å². The molecule has 1 aromatic heterocycles. The summed E-state index contributed by atoms with van der Waals surface area (Å²) in [5.74, 6) is 0. The van der Waals surface area contributed by atoms with Crippen molar-refractivity contribution < 1.29 is 8.42 Å². The molecule has 0 aromatic carbocycles. The zero-order valence-electron chi connectivity index (χ0n) is 11.7. The Morgan fingerprint density at radius 2 is 2.32 bits per heavy atom. The third-order valence-electron chi connectivity index (χ3n) is 3.53. The molecule has 0 spiro atoms. The first-order chi connectivity index (χ1) is 9.05. The molecule has 1 aliphatic rings. The van der Waals surface area contributed by atoms with Gasteiger partial charge in [0.1, 0.15) is 0 Å². The maximum atomic E-state index is 12.7. The number of hydrogen-bond acceptors (Lipinski definition) is 3. The van der Waals surface area contributed by atoms with Crippen LogP contribution in [0.5, 0.6) is 0 Å². The fourth-order valence-electron chi connectivity index (χ4n) is 2.56. The molecule has 5 nitrogen and oxygen atoms in total. The second kappa shape index (κ2) is 6.07. The van der Waals surface area contributed by atoms with Crippen molar-refractivity contribution in [1.29, 1.82) is 0 Å². The molecule has 108 valence electrons. The fourth-order valence-corrected chi connectivity index (χ4v) is 4.36. The molecule has 0 aliphatic carbocycles. The first-order valence-corrected chi connectivity index (χ1v) is 8.34. The van der Waals surface area contributed by atoms with Gasteiger partial charge in [0.25, 0.3) is 0 Å². The number of aryl methyl sites for hydroxylation is 1. The highest BCUT2D eigenvalue weighted by atomic mass is 32.2. The lowest BCUT2D eigenvalue weighted by atomic mass is 10.1. The minimum atomic E-state index is -3.37. The molecule has 2 rings (SSSR count). The quantitative estimate of drug-likeness (QED) is 0.884. The van der Waals surface area contributed by atoms with Gasteiger partial charge in [0.2, 0.25) is 10.0 Å². The Balaban J connectivity index is 2.26. The van der Waals surface area contributed by atoms with E-state index in [1.54, 1.807) is 27.3 Å². The van der Waals surface area contributed by atoms with E-state index in [4.69, 9.17) is 0 Å². The number of sulfonamides is 1. The first-order valence-electron chi connectivity index (χ1n) is 6.90. The van der Waals surface area contributed by atoms with E-state index in [9.17, 15) is 8.42 Å². The van der Waals surface area contributed by atoms with Crippen LogP contribution in [0.25, 0.3) is 0 Å². The van der Waals surface area contributed by atoms with E-state index in [1.807, 2.05) is 14.0 Å². The molecule has 0 bridgehead atoms. The zero-order chi connectivity index (χ0) is 13.9. The summed E-state index contributed by atoms with van der Waals surface area (Å²) >= 11 is 0. The van der Waals surface area contributed by atoms with Crippen LogP contribution in [-0.4, -0.2) is 43.0 Å². The predicted octanol–water partition coefficient (Wildman–Crippen LogP) is 1.18.